The van der Waals surface area contributed by atoms with Crippen molar-refractivity contribution in [3.63, 3.8) is 0 Å². The zero-order valence-corrected chi connectivity index (χ0v) is 12.4. The molecule has 0 bridgehead atoms. The minimum absolute atomic E-state index is 0.0204. The summed E-state index contributed by atoms with van der Waals surface area (Å²) < 4.78 is 5.03. The van der Waals surface area contributed by atoms with Crippen molar-refractivity contribution in [3.05, 3.63) is 35.4 Å². The zero-order chi connectivity index (χ0) is 15.4. The highest BCUT2D eigenvalue weighted by Crippen LogP contribution is 2.25. The fourth-order valence-electron chi connectivity index (χ4n) is 2.87. The van der Waals surface area contributed by atoms with Gasteiger partial charge in [0, 0.05) is 19.2 Å². The molecule has 1 heterocycles. The number of piperidine rings is 1. The molecule has 1 aromatic carbocycles. The first-order valence-electron chi connectivity index (χ1n) is 7.16. The van der Waals surface area contributed by atoms with Crippen LogP contribution in [0.15, 0.2) is 24.3 Å². The van der Waals surface area contributed by atoms with Gasteiger partial charge in [-0.3, -0.25) is 4.79 Å². The second-order valence-electron chi connectivity index (χ2n) is 5.53. The first-order chi connectivity index (χ1) is 10.0. The number of carbonyl (C=O) groups excluding carboxylic acids is 1. The Morgan fingerprint density at radius 2 is 2.00 bits per heavy atom. The Labute approximate surface area is 124 Å². The second kappa shape index (κ2) is 6.72. The number of methoxy groups -OCH3 is 1. The van der Waals surface area contributed by atoms with Gasteiger partial charge in [-0.25, -0.2) is 4.79 Å². The van der Waals surface area contributed by atoms with E-state index >= 15 is 0 Å². The van der Waals surface area contributed by atoms with Gasteiger partial charge in [0.15, 0.2) is 0 Å². The Hall–Kier alpha value is -1.88. The summed E-state index contributed by atoms with van der Waals surface area (Å²) in [6.07, 6.45) is 1.69. The van der Waals surface area contributed by atoms with E-state index in [1.54, 1.807) is 19.2 Å². The van der Waals surface area contributed by atoms with Crippen LogP contribution in [0, 0.1) is 5.92 Å². The van der Waals surface area contributed by atoms with Crippen molar-refractivity contribution >= 4 is 11.9 Å². The number of aliphatic carboxylic acids is 1. The van der Waals surface area contributed by atoms with Crippen LogP contribution in [-0.4, -0.2) is 41.6 Å². The van der Waals surface area contributed by atoms with Crippen LogP contribution in [0.2, 0.25) is 0 Å². The molecule has 2 unspecified atom stereocenters. The molecule has 0 saturated carbocycles. The molecule has 1 aliphatic heterocycles. The lowest BCUT2D eigenvalue weighted by atomic mass is 9.90. The Morgan fingerprint density at radius 1 is 1.33 bits per heavy atom. The first-order valence-corrected chi connectivity index (χ1v) is 7.16. The summed E-state index contributed by atoms with van der Waals surface area (Å²) in [5, 5.41) is 9.38. The predicted molar refractivity (Wildman–Crippen MR) is 78.0 cm³/mol. The minimum Gasteiger partial charge on any atom is -0.480 e. The number of hydrogen-bond donors (Lipinski definition) is 1. The van der Waals surface area contributed by atoms with Gasteiger partial charge in [0.05, 0.1) is 6.61 Å². The average molecular weight is 291 g/mol. The van der Waals surface area contributed by atoms with E-state index in [0.717, 1.165) is 18.4 Å². The SMILES string of the molecule is COCc1ccc(C(=O)N2CCCC(C)C2C(=O)O)cc1. The van der Waals surface area contributed by atoms with E-state index in [0.29, 0.717) is 18.7 Å². The summed E-state index contributed by atoms with van der Waals surface area (Å²) in [4.78, 5) is 25.5. The highest BCUT2D eigenvalue weighted by molar-refractivity contribution is 5.96. The summed E-state index contributed by atoms with van der Waals surface area (Å²) in [6, 6.07) is 6.40. The number of benzene rings is 1. The van der Waals surface area contributed by atoms with E-state index in [1.807, 2.05) is 19.1 Å². The standard InChI is InChI=1S/C16H21NO4/c1-11-4-3-9-17(14(11)16(19)20)15(18)13-7-5-12(6-8-13)10-21-2/h5-8,11,14H,3-4,9-10H2,1-2H3,(H,19,20). The summed E-state index contributed by atoms with van der Waals surface area (Å²) in [6.45, 7) is 2.88. The molecule has 5 heteroatoms. The molecule has 5 nitrogen and oxygen atoms in total. The minimum atomic E-state index is -0.924. The molecular formula is C16H21NO4. The van der Waals surface area contributed by atoms with E-state index in [4.69, 9.17) is 4.74 Å². The third-order valence-electron chi connectivity index (χ3n) is 3.96. The van der Waals surface area contributed by atoms with Gasteiger partial charge in [-0.05, 0) is 36.5 Å². The molecule has 2 rings (SSSR count). The van der Waals surface area contributed by atoms with Crippen LogP contribution in [-0.2, 0) is 16.1 Å². The van der Waals surface area contributed by atoms with Crippen molar-refractivity contribution in [1.82, 2.24) is 4.90 Å². The first kappa shape index (κ1) is 15.5. The normalized spacial score (nSPS) is 22.1. The number of likely N-dealkylation sites (tertiary alicyclic amines) is 1. The summed E-state index contributed by atoms with van der Waals surface area (Å²) in [7, 11) is 1.62. The maximum Gasteiger partial charge on any atom is 0.326 e. The van der Waals surface area contributed by atoms with E-state index in [1.165, 1.54) is 4.90 Å². The maximum atomic E-state index is 12.6. The smallest absolute Gasteiger partial charge is 0.326 e. The highest BCUT2D eigenvalue weighted by atomic mass is 16.5. The molecule has 21 heavy (non-hydrogen) atoms. The summed E-state index contributed by atoms with van der Waals surface area (Å²) in [5.41, 5.74) is 1.51. The van der Waals surface area contributed by atoms with Crippen LogP contribution in [0.4, 0.5) is 0 Å². The molecule has 1 fully saturated rings. The fraction of sp³-hybridized carbons (Fsp3) is 0.500. The number of amides is 1. The van der Waals surface area contributed by atoms with Crippen LogP contribution >= 0.6 is 0 Å². The maximum absolute atomic E-state index is 12.6. The number of hydrogen-bond acceptors (Lipinski definition) is 3. The largest absolute Gasteiger partial charge is 0.480 e. The quantitative estimate of drug-likeness (QED) is 0.923. The van der Waals surface area contributed by atoms with Gasteiger partial charge in [0.1, 0.15) is 6.04 Å². The lowest BCUT2D eigenvalue weighted by Crippen LogP contribution is -2.51. The lowest BCUT2D eigenvalue weighted by molar-refractivity contribution is -0.145. The van der Waals surface area contributed by atoms with E-state index in [-0.39, 0.29) is 11.8 Å². The number of carbonyl (C=O) groups is 2. The summed E-state index contributed by atoms with van der Waals surface area (Å²) in [5.74, 6) is -1.16. The number of ether oxygens (including phenoxy) is 1. The third kappa shape index (κ3) is 3.42. The van der Waals surface area contributed by atoms with Crippen molar-refractivity contribution in [2.45, 2.75) is 32.4 Å². The van der Waals surface area contributed by atoms with Gasteiger partial charge < -0.3 is 14.7 Å². The van der Waals surface area contributed by atoms with Gasteiger partial charge in [-0.15, -0.1) is 0 Å². The Balaban J connectivity index is 2.18. The van der Waals surface area contributed by atoms with Gasteiger partial charge in [0.25, 0.3) is 5.91 Å². The number of rotatable bonds is 4. The van der Waals surface area contributed by atoms with Gasteiger partial charge in [-0.2, -0.15) is 0 Å². The van der Waals surface area contributed by atoms with Crippen molar-refractivity contribution in [2.75, 3.05) is 13.7 Å². The monoisotopic (exact) mass is 291 g/mol. The molecule has 0 radical (unpaired) electrons. The second-order valence-corrected chi connectivity index (χ2v) is 5.53. The molecule has 1 aromatic rings. The van der Waals surface area contributed by atoms with Crippen molar-refractivity contribution in [1.29, 1.82) is 0 Å². The molecule has 1 N–H and O–H groups in total. The Bertz CT molecular complexity index is 512. The molecule has 1 amide bonds. The Morgan fingerprint density at radius 3 is 2.57 bits per heavy atom. The van der Waals surface area contributed by atoms with Crippen LogP contribution in [0.5, 0.6) is 0 Å². The molecule has 114 valence electrons. The van der Waals surface area contributed by atoms with Crippen molar-refractivity contribution < 1.29 is 19.4 Å². The van der Waals surface area contributed by atoms with Crippen molar-refractivity contribution in [3.8, 4) is 0 Å². The number of carboxylic acid groups (broad SMARTS) is 1. The number of carboxylic acids is 1. The van der Waals surface area contributed by atoms with Crippen LogP contribution < -0.4 is 0 Å². The topological polar surface area (TPSA) is 66.8 Å². The lowest BCUT2D eigenvalue weighted by Gasteiger charge is -2.37. The fourth-order valence-corrected chi connectivity index (χ4v) is 2.87. The molecule has 1 saturated heterocycles. The molecular weight excluding hydrogens is 270 g/mol. The zero-order valence-electron chi connectivity index (χ0n) is 12.4. The van der Waals surface area contributed by atoms with E-state index in [9.17, 15) is 14.7 Å². The molecule has 0 aliphatic carbocycles. The van der Waals surface area contributed by atoms with Crippen LogP contribution in [0.25, 0.3) is 0 Å². The van der Waals surface area contributed by atoms with E-state index in [2.05, 4.69) is 0 Å². The van der Waals surface area contributed by atoms with Gasteiger partial charge in [0.2, 0.25) is 0 Å². The predicted octanol–water partition coefficient (Wildman–Crippen LogP) is 2.16. The Kier molecular flexibility index (Phi) is 4.96. The highest BCUT2D eigenvalue weighted by Gasteiger charge is 2.37. The van der Waals surface area contributed by atoms with Crippen LogP contribution in [0.1, 0.15) is 35.7 Å². The summed E-state index contributed by atoms with van der Waals surface area (Å²) >= 11 is 0. The van der Waals surface area contributed by atoms with Crippen LogP contribution in [0.3, 0.4) is 0 Å². The molecule has 2 atom stereocenters. The molecule has 1 aliphatic rings. The molecule has 0 aromatic heterocycles. The van der Waals surface area contributed by atoms with Gasteiger partial charge >= 0.3 is 5.97 Å². The van der Waals surface area contributed by atoms with E-state index < -0.39 is 12.0 Å². The number of nitrogens with zero attached hydrogens (tertiary/aromatic N) is 1. The van der Waals surface area contributed by atoms with Crippen molar-refractivity contribution in [2.24, 2.45) is 5.92 Å². The van der Waals surface area contributed by atoms with Gasteiger partial charge in [-0.1, -0.05) is 19.1 Å². The molecule has 0 spiro atoms. The average Bonchev–Trinajstić information content (AvgIpc) is 2.47. The third-order valence-corrected chi connectivity index (χ3v) is 3.96.